The van der Waals surface area contributed by atoms with Gasteiger partial charge in [0.05, 0.1) is 0 Å². The standard InChI is InChI=1S/C14H18N4S/c1-9(2)14-16-12(15)7-13(17-14)18-5-3-11-10(8-18)4-6-19-11/h4,6-7,9H,3,5,8H2,1-2H3,(H2,15,16,17). The van der Waals surface area contributed by atoms with Gasteiger partial charge in [0, 0.05) is 30.0 Å². The number of nitrogens with two attached hydrogens (primary N) is 1. The van der Waals surface area contributed by atoms with E-state index in [0.717, 1.165) is 31.2 Å². The number of hydrogen-bond acceptors (Lipinski definition) is 5. The van der Waals surface area contributed by atoms with Gasteiger partial charge in [0.25, 0.3) is 0 Å². The van der Waals surface area contributed by atoms with Crippen LogP contribution in [0.5, 0.6) is 0 Å². The van der Waals surface area contributed by atoms with E-state index in [1.807, 2.05) is 17.4 Å². The minimum Gasteiger partial charge on any atom is -0.384 e. The van der Waals surface area contributed by atoms with Gasteiger partial charge in [0.2, 0.25) is 0 Å². The molecule has 1 aliphatic heterocycles. The maximum absolute atomic E-state index is 5.90. The van der Waals surface area contributed by atoms with Gasteiger partial charge in [-0.05, 0) is 23.4 Å². The molecule has 100 valence electrons. The number of aromatic nitrogens is 2. The van der Waals surface area contributed by atoms with Crippen molar-refractivity contribution in [3.05, 3.63) is 33.8 Å². The molecule has 0 bridgehead atoms. The Hall–Kier alpha value is -1.62. The summed E-state index contributed by atoms with van der Waals surface area (Å²) in [5, 5.41) is 2.17. The molecular weight excluding hydrogens is 256 g/mol. The second-order valence-electron chi connectivity index (χ2n) is 5.20. The Balaban J connectivity index is 1.91. The first-order chi connectivity index (χ1) is 9.13. The fourth-order valence-corrected chi connectivity index (χ4v) is 3.23. The minimum atomic E-state index is 0.295. The molecule has 0 amide bonds. The highest BCUT2D eigenvalue weighted by molar-refractivity contribution is 7.10. The normalized spacial score (nSPS) is 14.8. The van der Waals surface area contributed by atoms with Crippen LogP contribution in [-0.2, 0) is 13.0 Å². The van der Waals surface area contributed by atoms with Gasteiger partial charge in [0.1, 0.15) is 17.5 Å². The largest absolute Gasteiger partial charge is 0.384 e. The molecule has 2 aromatic rings. The zero-order valence-corrected chi connectivity index (χ0v) is 12.1. The van der Waals surface area contributed by atoms with Crippen molar-refractivity contribution in [1.29, 1.82) is 0 Å². The van der Waals surface area contributed by atoms with Gasteiger partial charge in [-0.2, -0.15) is 0 Å². The molecule has 4 nitrogen and oxygen atoms in total. The van der Waals surface area contributed by atoms with Gasteiger partial charge in [-0.25, -0.2) is 9.97 Å². The third-order valence-electron chi connectivity index (χ3n) is 3.40. The van der Waals surface area contributed by atoms with Crippen molar-refractivity contribution in [3.63, 3.8) is 0 Å². The summed E-state index contributed by atoms with van der Waals surface area (Å²) >= 11 is 1.85. The van der Waals surface area contributed by atoms with E-state index in [9.17, 15) is 0 Å². The molecule has 0 aromatic carbocycles. The average Bonchev–Trinajstić information content (AvgIpc) is 2.85. The molecule has 0 saturated carbocycles. The number of rotatable bonds is 2. The maximum Gasteiger partial charge on any atom is 0.135 e. The first-order valence-electron chi connectivity index (χ1n) is 6.58. The smallest absolute Gasteiger partial charge is 0.135 e. The summed E-state index contributed by atoms with van der Waals surface area (Å²) in [6, 6.07) is 4.09. The molecular formula is C14H18N4S. The molecule has 0 aliphatic carbocycles. The van der Waals surface area contributed by atoms with E-state index in [0.29, 0.717) is 11.7 Å². The lowest BCUT2D eigenvalue weighted by Gasteiger charge is -2.28. The van der Waals surface area contributed by atoms with Crippen molar-refractivity contribution >= 4 is 23.0 Å². The lowest BCUT2D eigenvalue weighted by molar-refractivity contribution is 0.711. The minimum absolute atomic E-state index is 0.295. The number of fused-ring (bicyclic) bond motifs is 1. The van der Waals surface area contributed by atoms with Crippen molar-refractivity contribution in [2.24, 2.45) is 0 Å². The predicted octanol–water partition coefficient (Wildman–Crippen LogP) is 2.81. The number of hydrogen-bond donors (Lipinski definition) is 1. The monoisotopic (exact) mass is 274 g/mol. The first-order valence-corrected chi connectivity index (χ1v) is 7.46. The summed E-state index contributed by atoms with van der Waals surface area (Å²) in [5.74, 6) is 2.63. The Morgan fingerprint density at radius 2 is 2.21 bits per heavy atom. The quantitative estimate of drug-likeness (QED) is 0.915. The summed E-state index contributed by atoms with van der Waals surface area (Å²) in [6.45, 7) is 6.10. The lowest BCUT2D eigenvalue weighted by atomic mass is 10.1. The summed E-state index contributed by atoms with van der Waals surface area (Å²) in [7, 11) is 0. The molecule has 0 unspecified atom stereocenters. The Kier molecular flexibility index (Phi) is 3.14. The van der Waals surface area contributed by atoms with E-state index < -0.39 is 0 Å². The fraction of sp³-hybridized carbons (Fsp3) is 0.429. The molecule has 3 rings (SSSR count). The van der Waals surface area contributed by atoms with E-state index in [2.05, 4.69) is 40.2 Å². The summed E-state index contributed by atoms with van der Waals surface area (Å²) in [4.78, 5) is 12.7. The first kappa shape index (κ1) is 12.4. The molecule has 2 aromatic heterocycles. The van der Waals surface area contributed by atoms with Crippen molar-refractivity contribution in [2.45, 2.75) is 32.7 Å². The third-order valence-corrected chi connectivity index (χ3v) is 4.42. The van der Waals surface area contributed by atoms with E-state index >= 15 is 0 Å². The lowest BCUT2D eigenvalue weighted by Crippen LogP contribution is -2.30. The molecule has 3 heterocycles. The molecule has 0 atom stereocenters. The van der Waals surface area contributed by atoms with E-state index in [4.69, 9.17) is 5.73 Å². The van der Waals surface area contributed by atoms with Crippen molar-refractivity contribution in [3.8, 4) is 0 Å². The maximum atomic E-state index is 5.90. The van der Waals surface area contributed by atoms with Crippen LogP contribution >= 0.6 is 11.3 Å². The second-order valence-corrected chi connectivity index (χ2v) is 6.21. The van der Waals surface area contributed by atoms with Gasteiger partial charge in [0.15, 0.2) is 0 Å². The van der Waals surface area contributed by atoms with E-state index in [1.54, 1.807) is 0 Å². The van der Waals surface area contributed by atoms with Gasteiger partial charge < -0.3 is 10.6 Å². The Labute approximate surface area is 117 Å². The van der Waals surface area contributed by atoms with Crippen LogP contribution in [0.25, 0.3) is 0 Å². The van der Waals surface area contributed by atoms with Gasteiger partial charge in [-0.3, -0.25) is 0 Å². The van der Waals surface area contributed by atoms with Crippen LogP contribution in [0.2, 0.25) is 0 Å². The molecule has 2 N–H and O–H groups in total. The van der Waals surface area contributed by atoms with Crippen LogP contribution in [0.15, 0.2) is 17.5 Å². The topological polar surface area (TPSA) is 55.0 Å². The van der Waals surface area contributed by atoms with Crippen LogP contribution in [-0.4, -0.2) is 16.5 Å². The van der Waals surface area contributed by atoms with Crippen molar-refractivity contribution in [2.75, 3.05) is 17.2 Å². The number of nitrogens with zero attached hydrogens (tertiary/aromatic N) is 3. The highest BCUT2D eigenvalue weighted by Crippen LogP contribution is 2.28. The van der Waals surface area contributed by atoms with Crippen LogP contribution in [0, 0.1) is 0 Å². The van der Waals surface area contributed by atoms with Crippen molar-refractivity contribution in [1.82, 2.24) is 9.97 Å². The van der Waals surface area contributed by atoms with Gasteiger partial charge >= 0.3 is 0 Å². The molecule has 0 spiro atoms. The summed E-state index contributed by atoms with van der Waals surface area (Å²) < 4.78 is 0. The SMILES string of the molecule is CC(C)c1nc(N)cc(N2CCc3sccc3C2)n1. The number of nitrogen functional groups attached to an aromatic ring is 1. The zero-order valence-electron chi connectivity index (χ0n) is 11.3. The van der Waals surface area contributed by atoms with Crippen LogP contribution in [0.1, 0.15) is 36.0 Å². The molecule has 0 fully saturated rings. The van der Waals surface area contributed by atoms with E-state index in [1.165, 1.54) is 10.4 Å². The van der Waals surface area contributed by atoms with Crippen LogP contribution < -0.4 is 10.6 Å². The zero-order chi connectivity index (χ0) is 13.4. The summed E-state index contributed by atoms with van der Waals surface area (Å²) in [5.41, 5.74) is 7.32. The molecule has 19 heavy (non-hydrogen) atoms. The number of thiophene rings is 1. The van der Waals surface area contributed by atoms with E-state index in [-0.39, 0.29) is 0 Å². The molecule has 5 heteroatoms. The predicted molar refractivity (Wildman–Crippen MR) is 79.6 cm³/mol. The van der Waals surface area contributed by atoms with Gasteiger partial charge in [-0.1, -0.05) is 13.8 Å². The third kappa shape index (κ3) is 2.42. The van der Waals surface area contributed by atoms with Crippen LogP contribution in [0.4, 0.5) is 11.6 Å². The van der Waals surface area contributed by atoms with Gasteiger partial charge in [-0.15, -0.1) is 11.3 Å². The highest BCUT2D eigenvalue weighted by atomic mass is 32.1. The van der Waals surface area contributed by atoms with Crippen LogP contribution in [0.3, 0.4) is 0 Å². The molecule has 0 saturated heterocycles. The number of anilines is 2. The molecule has 0 radical (unpaired) electrons. The Morgan fingerprint density at radius 1 is 1.37 bits per heavy atom. The second kappa shape index (κ2) is 4.81. The average molecular weight is 274 g/mol. The Bertz CT molecular complexity index is 591. The summed E-state index contributed by atoms with van der Waals surface area (Å²) in [6.07, 6.45) is 1.09. The molecule has 1 aliphatic rings. The highest BCUT2D eigenvalue weighted by Gasteiger charge is 2.19. The fourth-order valence-electron chi connectivity index (χ4n) is 2.34. The Morgan fingerprint density at radius 3 is 3.00 bits per heavy atom. The van der Waals surface area contributed by atoms with Crippen molar-refractivity contribution < 1.29 is 0 Å².